The molecule has 0 N–H and O–H groups in total. The summed E-state index contributed by atoms with van der Waals surface area (Å²) < 4.78 is 10.6. The van der Waals surface area contributed by atoms with Crippen molar-refractivity contribution in [3.8, 4) is 0 Å². The van der Waals surface area contributed by atoms with Crippen LogP contribution in [0.3, 0.4) is 0 Å². The highest BCUT2D eigenvalue weighted by atomic mass is 16.5. The number of nitrogens with zero attached hydrogens (tertiary/aromatic N) is 2. The third kappa shape index (κ3) is 3.81. The molecule has 1 atom stereocenters. The Morgan fingerprint density at radius 2 is 2.14 bits per heavy atom. The van der Waals surface area contributed by atoms with Crippen LogP contribution in [0, 0.1) is 11.3 Å². The van der Waals surface area contributed by atoms with Gasteiger partial charge in [0.05, 0.1) is 13.2 Å². The van der Waals surface area contributed by atoms with E-state index in [4.69, 9.17) is 9.47 Å². The molecule has 0 unspecified atom stereocenters. The standard InChI is InChI=1S/C17H30N2O3/c1-21-11-9-19-14-17(4-2-16(19)20)5-7-18(8-6-17)12-15-3-10-22-13-15/h15H,2-14H2,1H3/t15-/m0/s1. The van der Waals surface area contributed by atoms with Gasteiger partial charge < -0.3 is 19.3 Å². The van der Waals surface area contributed by atoms with Crippen molar-refractivity contribution in [2.24, 2.45) is 11.3 Å². The molecule has 0 bridgehead atoms. The van der Waals surface area contributed by atoms with Crippen LogP contribution in [-0.2, 0) is 14.3 Å². The zero-order valence-corrected chi connectivity index (χ0v) is 13.9. The zero-order chi connectivity index (χ0) is 15.4. The Balaban J connectivity index is 1.49. The van der Waals surface area contributed by atoms with Crippen LogP contribution in [0.1, 0.15) is 32.1 Å². The predicted molar refractivity (Wildman–Crippen MR) is 84.7 cm³/mol. The number of rotatable bonds is 5. The summed E-state index contributed by atoms with van der Waals surface area (Å²) in [6.07, 6.45) is 5.49. The van der Waals surface area contributed by atoms with E-state index in [2.05, 4.69) is 4.90 Å². The lowest BCUT2D eigenvalue weighted by Gasteiger charge is -2.47. The van der Waals surface area contributed by atoms with Gasteiger partial charge >= 0.3 is 0 Å². The molecule has 0 aliphatic carbocycles. The van der Waals surface area contributed by atoms with Crippen LogP contribution < -0.4 is 0 Å². The maximum absolute atomic E-state index is 12.1. The number of likely N-dealkylation sites (tertiary alicyclic amines) is 2. The van der Waals surface area contributed by atoms with Crippen LogP contribution in [0.2, 0.25) is 0 Å². The Morgan fingerprint density at radius 1 is 1.32 bits per heavy atom. The summed E-state index contributed by atoms with van der Waals surface area (Å²) in [5.41, 5.74) is 0.365. The van der Waals surface area contributed by atoms with Crippen molar-refractivity contribution in [2.45, 2.75) is 32.1 Å². The number of amides is 1. The first-order chi connectivity index (χ1) is 10.7. The van der Waals surface area contributed by atoms with E-state index in [9.17, 15) is 4.79 Å². The summed E-state index contributed by atoms with van der Waals surface area (Å²) in [6.45, 7) is 7.79. The average Bonchev–Trinajstić information content (AvgIpc) is 3.04. The summed E-state index contributed by atoms with van der Waals surface area (Å²) in [5.74, 6) is 1.05. The van der Waals surface area contributed by atoms with Gasteiger partial charge in [0, 0.05) is 39.8 Å². The highest BCUT2D eigenvalue weighted by molar-refractivity contribution is 5.77. The summed E-state index contributed by atoms with van der Waals surface area (Å²) >= 11 is 0. The number of methoxy groups -OCH3 is 1. The van der Waals surface area contributed by atoms with E-state index in [0.29, 0.717) is 17.9 Å². The Labute approximate surface area is 133 Å². The first-order valence-corrected chi connectivity index (χ1v) is 8.78. The molecule has 0 saturated carbocycles. The number of hydrogen-bond donors (Lipinski definition) is 0. The first kappa shape index (κ1) is 16.2. The minimum Gasteiger partial charge on any atom is -0.383 e. The number of piperidine rings is 2. The van der Waals surface area contributed by atoms with E-state index < -0.39 is 0 Å². The first-order valence-electron chi connectivity index (χ1n) is 8.78. The van der Waals surface area contributed by atoms with Crippen LogP contribution >= 0.6 is 0 Å². The van der Waals surface area contributed by atoms with E-state index in [-0.39, 0.29) is 0 Å². The van der Waals surface area contributed by atoms with Crippen LogP contribution in [0.15, 0.2) is 0 Å². The van der Waals surface area contributed by atoms with Gasteiger partial charge in [-0.05, 0) is 50.1 Å². The highest BCUT2D eigenvalue weighted by Crippen LogP contribution is 2.40. The lowest BCUT2D eigenvalue weighted by Crippen LogP contribution is -2.52. The van der Waals surface area contributed by atoms with Crippen LogP contribution in [0.5, 0.6) is 0 Å². The van der Waals surface area contributed by atoms with E-state index in [1.165, 1.54) is 38.9 Å². The molecule has 0 aromatic rings. The molecule has 0 radical (unpaired) electrons. The lowest BCUT2D eigenvalue weighted by molar-refractivity contribution is -0.140. The second kappa shape index (κ2) is 7.28. The largest absolute Gasteiger partial charge is 0.383 e. The number of ether oxygens (including phenoxy) is 2. The van der Waals surface area contributed by atoms with Crippen molar-refractivity contribution in [3.63, 3.8) is 0 Å². The Hall–Kier alpha value is -0.650. The third-order valence-electron chi connectivity index (χ3n) is 5.77. The van der Waals surface area contributed by atoms with Gasteiger partial charge in [-0.15, -0.1) is 0 Å². The average molecular weight is 310 g/mol. The molecule has 3 saturated heterocycles. The van der Waals surface area contributed by atoms with Gasteiger partial charge in [-0.25, -0.2) is 0 Å². The van der Waals surface area contributed by atoms with Crippen molar-refractivity contribution in [1.82, 2.24) is 9.80 Å². The normalized spacial score (nSPS) is 29.4. The maximum atomic E-state index is 12.1. The minimum absolute atomic E-state index is 0.313. The summed E-state index contributed by atoms with van der Waals surface area (Å²) in [6, 6.07) is 0. The Morgan fingerprint density at radius 3 is 2.82 bits per heavy atom. The topological polar surface area (TPSA) is 42.0 Å². The van der Waals surface area contributed by atoms with Crippen molar-refractivity contribution >= 4 is 5.91 Å². The number of carbonyl (C=O) groups is 1. The Kier molecular flexibility index (Phi) is 5.37. The van der Waals surface area contributed by atoms with Crippen molar-refractivity contribution < 1.29 is 14.3 Å². The van der Waals surface area contributed by atoms with Crippen molar-refractivity contribution in [1.29, 1.82) is 0 Å². The molecule has 3 aliphatic rings. The van der Waals surface area contributed by atoms with Gasteiger partial charge in [0.25, 0.3) is 0 Å². The minimum atomic E-state index is 0.313. The van der Waals surface area contributed by atoms with Gasteiger partial charge in [-0.3, -0.25) is 4.79 Å². The smallest absolute Gasteiger partial charge is 0.222 e. The third-order valence-corrected chi connectivity index (χ3v) is 5.77. The Bertz CT molecular complexity index is 374. The van der Waals surface area contributed by atoms with Crippen LogP contribution in [-0.4, -0.2) is 75.4 Å². The van der Waals surface area contributed by atoms with Crippen LogP contribution in [0.4, 0.5) is 0 Å². The number of carbonyl (C=O) groups excluding carboxylic acids is 1. The van der Waals surface area contributed by atoms with Gasteiger partial charge in [0.15, 0.2) is 0 Å². The molecule has 22 heavy (non-hydrogen) atoms. The molecular formula is C17H30N2O3. The quantitative estimate of drug-likeness (QED) is 0.769. The van der Waals surface area contributed by atoms with E-state index in [1.54, 1.807) is 7.11 Å². The van der Waals surface area contributed by atoms with E-state index in [1.807, 2.05) is 4.90 Å². The van der Waals surface area contributed by atoms with Crippen molar-refractivity contribution in [3.05, 3.63) is 0 Å². The zero-order valence-electron chi connectivity index (χ0n) is 13.9. The molecule has 3 rings (SSSR count). The second-order valence-electron chi connectivity index (χ2n) is 7.34. The molecule has 1 amide bonds. The summed E-state index contributed by atoms with van der Waals surface area (Å²) in [5, 5.41) is 0. The highest BCUT2D eigenvalue weighted by Gasteiger charge is 2.41. The molecule has 3 fully saturated rings. The molecule has 5 heteroatoms. The molecule has 1 spiro atoms. The van der Waals surface area contributed by atoms with Crippen molar-refractivity contribution in [2.75, 3.05) is 59.7 Å². The predicted octanol–water partition coefficient (Wildman–Crippen LogP) is 1.37. The molecule has 3 aliphatic heterocycles. The SMILES string of the molecule is COCCN1CC2(CCC1=O)CCN(C[C@@H]1CCOC1)CC2. The second-order valence-corrected chi connectivity index (χ2v) is 7.34. The van der Waals surface area contributed by atoms with Gasteiger partial charge in [-0.1, -0.05) is 0 Å². The summed E-state index contributed by atoms with van der Waals surface area (Å²) in [7, 11) is 1.70. The van der Waals surface area contributed by atoms with E-state index >= 15 is 0 Å². The fraction of sp³-hybridized carbons (Fsp3) is 0.941. The molecule has 3 heterocycles. The van der Waals surface area contributed by atoms with Gasteiger partial charge in [-0.2, -0.15) is 0 Å². The van der Waals surface area contributed by atoms with Crippen LogP contribution in [0.25, 0.3) is 0 Å². The maximum Gasteiger partial charge on any atom is 0.222 e. The van der Waals surface area contributed by atoms with Gasteiger partial charge in [0.2, 0.25) is 5.91 Å². The fourth-order valence-corrected chi connectivity index (χ4v) is 4.22. The van der Waals surface area contributed by atoms with Gasteiger partial charge in [0.1, 0.15) is 0 Å². The van der Waals surface area contributed by atoms with E-state index in [0.717, 1.165) is 45.1 Å². The fourth-order valence-electron chi connectivity index (χ4n) is 4.22. The molecule has 5 nitrogen and oxygen atoms in total. The molecular weight excluding hydrogens is 280 g/mol. The molecule has 126 valence electrons. The summed E-state index contributed by atoms with van der Waals surface area (Å²) in [4.78, 5) is 16.7. The molecule has 0 aromatic carbocycles. The molecule has 0 aromatic heterocycles. The number of hydrogen-bond acceptors (Lipinski definition) is 4. The lowest BCUT2D eigenvalue weighted by atomic mass is 9.72. The monoisotopic (exact) mass is 310 g/mol.